The summed E-state index contributed by atoms with van der Waals surface area (Å²) in [5, 5.41) is 0. The number of para-hydroxylation sites is 1. The molecule has 1 unspecified atom stereocenters. The maximum Gasteiger partial charge on any atom is 0.312 e. The fourth-order valence-corrected chi connectivity index (χ4v) is 1.59. The van der Waals surface area contributed by atoms with Crippen molar-refractivity contribution in [1.82, 2.24) is 0 Å². The molecule has 1 rings (SSSR count). The summed E-state index contributed by atoms with van der Waals surface area (Å²) in [5.74, 6) is 0.461. The third-order valence-electron chi connectivity index (χ3n) is 2.45. The lowest BCUT2D eigenvalue weighted by Crippen LogP contribution is -2.24. The summed E-state index contributed by atoms with van der Waals surface area (Å²) in [6, 6.07) is 9.52. The molecule has 1 aromatic carbocycles. The van der Waals surface area contributed by atoms with Gasteiger partial charge >= 0.3 is 5.97 Å². The van der Waals surface area contributed by atoms with E-state index in [1.54, 1.807) is 0 Å². The second-order valence-corrected chi connectivity index (χ2v) is 3.86. The van der Waals surface area contributed by atoms with Gasteiger partial charge in [0.25, 0.3) is 0 Å². The minimum absolute atomic E-state index is 0.162. The van der Waals surface area contributed by atoms with Crippen LogP contribution in [0.4, 0.5) is 0 Å². The van der Waals surface area contributed by atoms with E-state index in [1.807, 2.05) is 37.3 Å². The van der Waals surface area contributed by atoms with Crippen LogP contribution in [0.2, 0.25) is 0 Å². The zero-order valence-corrected chi connectivity index (χ0v) is 10.5. The van der Waals surface area contributed by atoms with Gasteiger partial charge in [-0.25, -0.2) is 0 Å². The van der Waals surface area contributed by atoms with Crippen molar-refractivity contribution >= 4 is 5.97 Å². The van der Waals surface area contributed by atoms with E-state index in [4.69, 9.17) is 9.47 Å². The predicted molar refractivity (Wildman–Crippen MR) is 67.0 cm³/mol. The van der Waals surface area contributed by atoms with Gasteiger partial charge < -0.3 is 9.47 Å². The summed E-state index contributed by atoms with van der Waals surface area (Å²) in [7, 11) is 0. The summed E-state index contributed by atoms with van der Waals surface area (Å²) < 4.78 is 10.6. The van der Waals surface area contributed by atoms with E-state index in [9.17, 15) is 4.79 Å². The monoisotopic (exact) mass is 236 g/mol. The highest BCUT2D eigenvalue weighted by Crippen LogP contribution is 2.14. The number of ether oxygens (including phenoxy) is 2. The molecule has 1 atom stereocenters. The summed E-state index contributed by atoms with van der Waals surface area (Å²) in [4.78, 5) is 11.7. The Balaban J connectivity index is 2.47. The topological polar surface area (TPSA) is 35.5 Å². The Morgan fingerprint density at radius 2 is 1.94 bits per heavy atom. The third-order valence-corrected chi connectivity index (χ3v) is 2.45. The average molecular weight is 236 g/mol. The van der Waals surface area contributed by atoms with E-state index >= 15 is 0 Å². The fraction of sp³-hybridized carbons (Fsp3) is 0.500. The average Bonchev–Trinajstić information content (AvgIpc) is 2.36. The highest BCUT2D eigenvalue weighted by Gasteiger charge is 2.19. The fourth-order valence-electron chi connectivity index (χ4n) is 1.59. The van der Waals surface area contributed by atoms with Crippen molar-refractivity contribution in [3.05, 3.63) is 30.3 Å². The Morgan fingerprint density at radius 1 is 1.24 bits per heavy atom. The molecule has 0 saturated carbocycles. The van der Waals surface area contributed by atoms with Crippen LogP contribution in [0.25, 0.3) is 0 Å². The molecule has 0 aliphatic rings. The summed E-state index contributed by atoms with van der Waals surface area (Å²) >= 11 is 0. The highest BCUT2D eigenvalue weighted by atomic mass is 16.5. The lowest BCUT2D eigenvalue weighted by molar-refractivity contribution is -0.149. The maximum atomic E-state index is 11.7. The zero-order valence-electron chi connectivity index (χ0n) is 10.5. The molecule has 94 valence electrons. The minimum Gasteiger partial charge on any atom is -0.493 e. The second-order valence-electron chi connectivity index (χ2n) is 3.86. The molecule has 1 aromatic rings. The Bertz CT molecular complexity index is 321. The van der Waals surface area contributed by atoms with Gasteiger partial charge in [-0.2, -0.15) is 0 Å². The number of carbonyl (C=O) groups excluding carboxylic acids is 1. The SMILES string of the molecule is CCCC(COc1ccccc1)C(=O)OCC. The van der Waals surface area contributed by atoms with Crippen molar-refractivity contribution in [2.75, 3.05) is 13.2 Å². The third kappa shape index (κ3) is 4.89. The number of hydrogen-bond acceptors (Lipinski definition) is 3. The van der Waals surface area contributed by atoms with Crippen LogP contribution in [0.3, 0.4) is 0 Å². The molecule has 0 aliphatic heterocycles. The van der Waals surface area contributed by atoms with Crippen LogP contribution in [0.15, 0.2) is 30.3 Å². The van der Waals surface area contributed by atoms with Gasteiger partial charge in [0.05, 0.1) is 12.5 Å². The van der Waals surface area contributed by atoms with E-state index in [0.29, 0.717) is 13.2 Å². The first kappa shape index (κ1) is 13.6. The molecule has 3 heteroatoms. The number of carbonyl (C=O) groups is 1. The smallest absolute Gasteiger partial charge is 0.312 e. The van der Waals surface area contributed by atoms with Gasteiger partial charge in [-0.15, -0.1) is 0 Å². The first-order valence-electron chi connectivity index (χ1n) is 6.12. The van der Waals surface area contributed by atoms with Crippen LogP contribution in [-0.4, -0.2) is 19.2 Å². The van der Waals surface area contributed by atoms with Crippen molar-refractivity contribution in [2.24, 2.45) is 5.92 Å². The van der Waals surface area contributed by atoms with Crippen molar-refractivity contribution in [1.29, 1.82) is 0 Å². The zero-order chi connectivity index (χ0) is 12.5. The van der Waals surface area contributed by atoms with Gasteiger partial charge in [0, 0.05) is 0 Å². The molecular weight excluding hydrogens is 216 g/mol. The van der Waals surface area contributed by atoms with Crippen molar-refractivity contribution < 1.29 is 14.3 Å². The van der Waals surface area contributed by atoms with Crippen LogP contribution in [0, 0.1) is 5.92 Å². The standard InChI is InChI=1S/C14H20O3/c1-3-8-12(14(15)16-4-2)11-17-13-9-6-5-7-10-13/h5-7,9-10,12H,3-4,8,11H2,1-2H3. The van der Waals surface area contributed by atoms with E-state index < -0.39 is 0 Å². The molecule has 0 radical (unpaired) electrons. The van der Waals surface area contributed by atoms with Crippen LogP contribution < -0.4 is 4.74 Å². The predicted octanol–water partition coefficient (Wildman–Crippen LogP) is 3.04. The normalized spacial score (nSPS) is 11.9. The van der Waals surface area contributed by atoms with Gasteiger partial charge in [0.2, 0.25) is 0 Å². The van der Waals surface area contributed by atoms with Crippen LogP contribution in [0.1, 0.15) is 26.7 Å². The van der Waals surface area contributed by atoms with E-state index in [-0.39, 0.29) is 11.9 Å². The lowest BCUT2D eigenvalue weighted by Gasteiger charge is -2.15. The quantitative estimate of drug-likeness (QED) is 0.683. The number of hydrogen-bond donors (Lipinski definition) is 0. The Labute approximate surface area is 103 Å². The lowest BCUT2D eigenvalue weighted by atomic mass is 10.1. The molecule has 0 saturated heterocycles. The summed E-state index contributed by atoms with van der Waals surface area (Å²) in [6.45, 7) is 4.68. The Kier molecular flexibility index (Phi) is 6.15. The molecule has 0 aliphatic carbocycles. The van der Waals surface area contributed by atoms with Gasteiger partial charge in [-0.3, -0.25) is 4.79 Å². The number of benzene rings is 1. The minimum atomic E-state index is -0.167. The largest absolute Gasteiger partial charge is 0.493 e. The van der Waals surface area contributed by atoms with Crippen LogP contribution in [-0.2, 0) is 9.53 Å². The van der Waals surface area contributed by atoms with Crippen molar-refractivity contribution in [3.8, 4) is 5.75 Å². The van der Waals surface area contributed by atoms with Crippen molar-refractivity contribution in [3.63, 3.8) is 0 Å². The van der Waals surface area contributed by atoms with Crippen LogP contribution in [0.5, 0.6) is 5.75 Å². The molecule has 0 heterocycles. The number of rotatable bonds is 7. The van der Waals surface area contributed by atoms with Gasteiger partial charge in [-0.05, 0) is 25.5 Å². The van der Waals surface area contributed by atoms with Crippen LogP contribution >= 0.6 is 0 Å². The molecule has 0 bridgehead atoms. The number of esters is 1. The maximum absolute atomic E-state index is 11.7. The van der Waals surface area contributed by atoms with Crippen molar-refractivity contribution in [2.45, 2.75) is 26.7 Å². The molecule has 17 heavy (non-hydrogen) atoms. The molecule has 0 aromatic heterocycles. The molecule has 0 fully saturated rings. The first-order chi connectivity index (χ1) is 8.27. The second kappa shape index (κ2) is 7.71. The van der Waals surface area contributed by atoms with E-state index in [0.717, 1.165) is 18.6 Å². The van der Waals surface area contributed by atoms with Gasteiger partial charge in [0.1, 0.15) is 12.4 Å². The highest BCUT2D eigenvalue weighted by molar-refractivity contribution is 5.72. The van der Waals surface area contributed by atoms with Gasteiger partial charge in [0.15, 0.2) is 0 Å². The molecule has 3 nitrogen and oxygen atoms in total. The summed E-state index contributed by atoms with van der Waals surface area (Å²) in [6.07, 6.45) is 1.74. The van der Waals surface area contributed by atoms with E-state index in [2.05, 4.69) is 6.92 Å². The van der Waals surface area contributed by atoms with E-state index in [1.165, 1.54) is 0 Å². The van der Waals surface area contributed by atoms with Gasteiger partial charge in [-0.1, -0.05) is 31.5 Å². The Morgan fingerprint density at radius 3 is 2.53 bits per heavy atom. The summed E-state index contributed by atoms with van der Waals surface area (Å²) in [5.41, 5.74) is 0. The molecule has 0 N–H and O–H groups in total. The molecule has 0 amide bonds. The Hall–Kier alpha value is -1.51. The first-order valence-corrected chi connectivity index (χ1v) is 6.12. The molecule has 0 spiro atoms. The molecular formula is C14H20O3.